The van der Waals surface area contributed by atoms with Crippen LogP contribution in [0, 0.1) is 5.82 Å². The van der Waals surface area contributed by atoms with Crippen LogP contribution in [0.5, 0.6) is 0 Å². The lowest BCUT2D eigenvalue weighted by atomic mass is 10.0. The number of halogens is 3. The van der Waals surface area contributed by atoms with Gasteiger partial charge in [-0.3, -0.25) is 0 Å². The quantitative estimate of drug-likeness (QED) is 0.718. The number of aliphatic imine (C=N–C) groups is 1. The fourth-order valence-corrected chi connectivity index (χ4v) is 2.84. The fourth-order valence-electron chi connectivity index (χ4n) is 2.33. The van der Waals surface area contributed by atoms with Gasteiger partial charge in [0, 0.05) is 4.47 Å². The maximum atomic E-state index is 14.0. The number of ether oxygens (including phenoxy) is 1. The van der Waals surface area contributed by atoms with E-state index in [-0.39, 0.29) is 23.6 Å². The highest BCUT2D eigenvalue weighted by molar-refractivity contribution is 9.10. The van der Waals surface area contributed by atoms with Gasteiger partial charge in [0.15, 0.2) is 0 Å². The van der Waals surface area contributed by atoms with E-state index >= 15 is 0 Å². The minimum Gasteiger partial charge on any atom is -0.472 e. The van der Waals surface area contributed by atoms with Gasteiger partial charge in [0.2, 0.25) is 5.90 Å². The van der Waals surface area contributed by atoms with E-state index in [2.05, 4.69) is 20.9 Å². The molecule has 5 heteroatoms. The normalized spacial score (nSPS) is 21.0. The standard InChI is InChI=1S/C16H12BrClFNO/c1-9-15(10-5-7-11(17)8-6-10)20-16(21-9)14-12(18)3-2-4-13(14)19/h2-9,15H,1H3/t9-,15?/m0/s1. The molecule has 2 atom stereocenters. The smallest absolute Gasteiger partial charge is 0.221 e. The first-order valence-electron chi connectivity index (χ1n) is 6.50. The van der Waals surface area contributed by atoms with E-state index in [0.717, 1.165) is 10.0 Å². The molecule has 3 rings (SSSR count). The molecule has 1 heterocycles. The predicted octanol–water partition coefficient (Wildman–Crippen LogP) is 5.15. The molecule has 0 spiro atoms. The predicted molar refractivity (Wildman–Crippen MR) is 85.4 cm³/mol. The summed E-state index contributed by atoms with van der Waals surface area (Å²) in [6, 6.07) is 12.2. The lowest BCUT2D eigenvalue weighted by molar-refractivity contribution is 0.213. The molecule has 108 valence electrons. The summed E-state index contributed by atoms with van der Waals surface area (Å²) in [6.07, 6.45) is -0.170. The van der Waals surface area contributed by atoms with Gasteiger partial charge in [-0.05, 0) is 36.8 Å². The number of benzene rings is 2. The Balaban J connectivity index is 1.99. The Labute approximate surface area is 135 Å². The van der Waals surface area contributed by atoms with E-state index in [0.29, 0.717) is 5.02 Å². The highest BCUT2D eigenvalue weighted by atomic mass is 79.9. The second kappa shape index (κ2) is 5.78. The van der Waals surface area contributed by atoms with Gasteiger partial charge < -0.3 is 4.74 Å². The Morgan fingerprint density at radius 3 is 2.57 bits per heavy atom. The van der Waals surface area contributed by atoms with Crippen molar-refractivity contribution < 1.29 is 9.13 Å². The topological polar surface area (TPSA) is 21.6 Å². The van der Waals surface area contributed by atoms with Gasteiger partial charge in [0.25, 0.3) is 0 Å². The van der Waals surface area contributed by atoms with Crippen molar-refractivity contribution in [2.45, 2.75) is 19.1 Å². The van der Waals surface area contributed by atoms with E-state index in [4.69, 9.17) is 16.3 Å². The van der Waals surface area contributed by atoms with Crippen LogP contribution >= 0.6 is 27.5 Å². The summed E-state index contributed by atoms with van der Waals surface area (Å²) in [5.41, 5.74) is 1.25. The first kappa shape index (κ1) is 14.5. The van der Waals surface area contributed by atoms with Gasteiger partial charge in [-0.15, -0.1) is 0 Å². The van der Waals surface area contributed by atoms with Crippen molar-refractivity contribution in [1.82, 2.24) is 0 Å². The van der Waals surface area contributed by atoms with Gasteiger partial charge in [0.05, 0.1) is 10.6 Å². The highest BCUT2D eigenvalue weighted by Gasteiger charge is 2.31. The molecule has 2 nitrogen and oxygen atoms in total. The first-order chi connectivity index (χ1) is 10.1. The molecule has 0 N–H and O–H groups in total. The van der Waals surface area contributed by atoms with Crippen LogP contribution in [-0.2, 0) is 4.74 Å². The average Bonchev–Trinajstić information content (AvgIpc) is 2.81. The third-order valence-corrected chi connectivity index (χ3v) is 4.23. The third-order valence-electron chi connectivity index (χ3n) is 3.39. The van der Waals surface area contributed by atoms with Crippen molar-refractivity contribution >= 4 is 33.4 Å². The van der Waals surface area contributed by atoms with Gasteiger partial charge in [-0.25, -0.2) is 9.38 Å². The maximum absolute atomic E-state index is 14.0. The van der Waals surface area contributed by atoms with Gasteiger partial charge in [-0.1, -0.05) is 45.7 Å². The number of hydrogen-bond acceptors (Lipinski definition) is 2. The SMILES string of the molecule is C[C@@H]1OC(c2c(F)cccc2Cl)=NC1c1ccc(Br)cc1. The Morgan fingerprint density at radius 2 is 1.90 bits per heavy atom. The van der Waals surface area contributed by atoms with Gasteiger partial charge in [-0.2, -0.15) is 0 Å². The monoisotopic (exact) mass is 367 g/mol. The van der Waals surface area contributed by atoms with Gasteiger partial charge >= 0.3 is 0 Å². The lowest BCUT2D eigenvalue weighted by Crippen LogP contribution is -2.13. The molecule has 21 heavy (non-hydrogen) atoms. The van der Waals surface area contributed by atoms with E-state index in [9.17, 15) is 4.39 Å². The summed E-state index contributed by atoms with van der Waals surface area (Å²) in [5, 5.41) is 0.303. The van der Waals surface area contributed by atoms with Crippen molar-refractivity contribution in [2.75, 3.05) is 0 Å². The van der Waals surface area contributed by atoms with Crippen LogP contribution in [0.2, 0.25) is 5.02 Å². The minimum atomic E-state index is -0.426. The Kier molecular flexibility index (Phi) is 4.00. The summed E-state index contributed by atoms with van der Waals surface area (Å²) >= 11 is 9.47. The second-order valence-electron chi connectivity index (χ2n) is 4.85. The first-order valence-corrected chi connectivity index (χ1v) is 7.67. The van der Waals surface area contributed by atoms with E-state index in [1.54, 1.807) is 12.1 Å². The van der Waals surface area contributed by atoms with Crippen molar-refractivity contribution in [3.05, 3.63) is 68.9 Å². The molecular formula is C16H12BrClFNO. The number of rotatable bonds is 2. The molecular weight excluding hydrogens is 357 g/mol. The molecule has 2 aromatic rings. The summed E-state index contributed by atoms with van der Waals surface area (Å²) in [5.74, 6) is -0.163. The molecule has 1 aliphatic rings. The molecule has 1 unspecified atom stereocenters. The van der Waals surface area contributed by atoms with E-state index in [1.165, 1.54) is 6.07 Å². The number of nitrogens with zero attached hydrogens (tertiary/aromatic N) is 1. The van der Waals surface area contributed by atoms with E-state index in [1.807, 2.05) is 31.2 Å². The molecule has 0 bridgehead atoms. The number of hydrogen-bond donors (Lipinski definition) is 0. The molecule has 0 radical (unpaired) electrons. The summed E-state index contributed by atoms with van der Waals surface area (Å²) in [4.78, 5) is 4.52. The van der Waals surface area contributed by atoms with Crippen molar-refractivity contribution in [1.29, 1.82) is 0 Å². The second-order valence-corrected chi connectivity index (χ2v) is 6.17. The molecule has 0 amide bonds. The van der Waals surface area contributed by atoms with E-state index < -0.39 is 5.82 Å². The molecule has 0 fully saturated rings. The zero-order valence-electron chi connectivity index (χ0n) is 11.2. The van der Waals surface area contributed by atoms with Crippen molar-refractivity contribution in [3.8, 4) is 0 Å². The third kappa shape index (κ3) is 2.83. The van der Waals surface area contributed by atoms with Crippen LogP contribution in [0.4, 0.5) is 4.39 Å². The van der Waals surface area contributed by atoms with Crippen LogP contribution in [0.25, 0.3) is 0 Å². The fraction of sp³-hybridized carbons (Fsp3) is 0.188. The minimum absolute atomic E-state index is 0.163. The highest BCUT2D eigenvalue weighted by Crippen LogP contribution is 2.33. The van der Waals surface area contributed by atoms with Crippen LogP contribution in [0.1, 0.15) is 24.1 Å². The van der Waals surface area contributed by atoms with Crippen molar-refractivity contribution in [2.24, 2.45) is 4.99 Å². The summed E-state index contributed by atoms with van der Waals surface area (Å²) < 4.78 is 20.7. The zero-order valence-corrected chi connectivity index (χ0v) is 13.5. The maximum Gasteiger partial charge on any atom is 0.221 e. The largest absolute Gasteiger partial charge is 0.472 e. The average molecular weight is 369 g/mol. The van der Waals surface area contributed by atoms with Crippen molar-refractivity contribution in [3.63, 3.8) is 0 Å². The zero-order chi connectivity index (χ0) is 15.0. The summed E-state index contributed by atoms with van der Waals surface area (Å²) in [7, 11) is 0. The Hall–Kier alpha value is -1.39. The molecule has 2 aromatic carbocycles. The molecule has 1 aliphatic heterocycles. The molecule has 0 saturated carbocycles. The van der Waals surface area contributed by atoms with Crippen LogP contribution in [-0.4, -0.2) is 12.0 Å². The van der Waals surface area contributed by atoms with Crippen LogP contribution < -0.4 is 0 Å². The van der Waals surface area contributed by atoms with Crippen LogP contribution in [0.15, 0.2) is 51.9 Å². The summed E-state index contributed by atoms with van der Waals surface area (Å²) in [6.45, 7) is 1.91. The van der Waals surface area contributed by atoms with Crippen LogP contribution in [0.3, 0.4) is 0 Å². The lowest BCUT2D eigenvalue weighted by Gasteiger charge is -2.13. The Morgan fingerprint density at radius 1 is 1.19 bits per heavy atom. The Bertz CT molecular complexity index is 682. The molecule has 0 saturated heterocycles. The molecule has 0 aliphatic carbocycles. The van der Waals surface area contributed by atoms with Gasteiger partial charge in [0.1, 0.15) is 18.0 Å². The molecule has 0 aromatic heterocycles.